The summed E-state index contributed by atoms with van der Waals surface area (Å²) in [6, 6.07) is 8.25. The predicted molar refractivity (Wildman–Crippen MR) is 110 cm³/mol. The molecule has 154 valence electrons. The molecule has 1 aliphatic rings. The molecule has 1 amide bonds. The van der Waals surface area contributed by atoms with E-state index in [9.17, 15) is 23.3 Å². The molecule has 1 heterocycles. The van der Waals surface area contributed by atoms with Crippen molar-refractivity contribution in [2.45, 2.75) is 30.2 Å². The van der Waals surface area contributed by atoms with Gasteiger partial charge in [0, 0.05) is 23.7 Å². The number of nitro groups is 1. The number of sulfonamides is 1. The van der Waals surface area contributed by atoms with Crippen molar-refractivity contribution in [2.75, 3.05) is 11.9 Å². The van der Waals surface area contributed by atoms with Crippen LogP contribution in [0.1, 0.15) is 19.3 Å². The van der Waals surface area contributed by atoms with Gasteiger partial charge < -0.3 is 5.32 Å². The Kier molecular flexibility index (Phi) is 6.42. The molecule has 1 N–H and O–H groups in total. The molecule has 2 aromatic rings. The van der Waals surface area contributed by atoms with Crippen LogP contribution in [0.5, 0.6) is 0 Å². The van der Waals surface area contributed by atoms with Gasteiger partial charge in [-0.25, -0.2) is 8.42 Å². The number of amides is 1. The summed E-state index contributed by atoms with van der Waals surface area (Å²) in [5, 5.41) is 14.1. The number of nitrogens with zero attached hydrogens (tertiary/aromatic N) is 2. The molecule has 2 aromatic carbocycles. The molecule has 3 rings (SSSR count). The first-order valence-electron chi connectivity index (χ1n) is 8.72. The molecule has 1 aliphatic heterocycles. The van der Waals surface area contributed by atoms with Crippen LogP contribution in [0, 0.1) is 10.1 Å². The van der Waals surface area contributed by atoms with Crippen molar-refractivity contribution in [2.24, 2.45) is 0 Å². The minimum Gasteiger partial charge on any atom is -0.323 e. The first-order valence-corrected chi connectivity index (χ1v) is 10.9. The van der Waals surface area contributed by atoms with Crippen molar-refractivity contribution in [3.63, 3.8) is 0 Å². The molecule has 1 fully saturated rings. The molecule has 0 saturated carbocycles. The second-order valence-electron chi connectivity index (χ2n) is 6.49. The third-order valence-electron chi connectivity index (χ3n) is 4.60. The minimum absolute atomic E-state index is 0.108. The summed E-state index contributed by atoms with van der Waals surface area (Å²) in [6.07, 6.45) is 1.64. The van der Waals surface area contributed by atoms with E-state index in [1.165, 1.54) is 24.3 Å². The van der Waals surface area contributed by atoms with Crippen LogP contribution in [-0.2, 0) is 14.8 Å². The fourth-order valence-corrected chi connectivity index (χ4v) is 5.13. The fourth-order valence-electron chi connectivity index (χ4n) is 3.14. The van der Waals surface area contributed by atoms with E-state index in [0.29, 0.717) is 30.0 Å². The second kappa shape index (κ2) is 8.66. The number of nitro benzene ring substituents is 1. The molecule has 29 heavy (non-hydrogen) atoms. The van der Waals surface area contributed by atoms with Crippen LogP contribution in [-0.4, -0.2) is 36.1 Å². The molecule has 0 aliphatic carbocycles. The van der Waals surface area contributed by atoms with Crippen LogP contribution in [0.4, 0.5) is 11.4 Å². The average molecular weight is 458 g/mol. The monoisotopic (exact) mass is 457 g/mol. The Balaban J connectivity index is 1.87. The van der Waals surface area contributed by atoms with Gasteiger partial charge in [-0.3, -0.25) is 14.9 Å². The van der Waals surface area contributed by atoms with Gasteiger partial charge in [-0.05, 0) is 43.2 Å². The summed E-state index contributed by atoms with van der Waals surface area (Å²) in [7, 11) is -4.02. The lowest BCUT2D eigenvalue weighted by Gasteiger charge is -2.33. The molecule has 1 unspecified atom stereocenters. The summed E-state index contributed by atoms with van der Waals surface area (Å²) in [4.78, 5) is 22.9. The van der Waals surface area contributed by atoms with E-state index in [1.54, 1.807) is 6.07 Å². The summed E-state index contributed by atoms with van der Waals surface area (Å²) >= 11 is 12.0. The summed E-state index contributed by atoms with van der Waals surface area (Å²) in [6.45, 7) is 0.167. The van der Waals surface area contributed by atoms with Gasteiger partial charge in [-0.2, -0.15) is 4.31 Å². The number of carbonyl (C=O) groups is 1. The van der Waals surface area contributed by atoms with E-state index in [-0.39, 0.29) is 22.2 Å². The molecule has 8 nitrogen and oxygen atoms in total. The normalized spacial score (nSPS) is 17.7. The average Bonchev–Trinajstić information content (AvgIpc) is 2.70. The van der Waals surface area contributed by atoms with Crippen molar-refractivity contribution >= 4 is 50.5 Å². The van der Waals surface area contributed by atoms with Crippen LogP contribution in [0.3, 0.4) is 0 Å². The van der Waals surface area contributed by atoms with Crippen molar-refractivity contribution in [3.05, 3.63) is 62.6 Å². The van der Waals surface area contributed by atoms with Crippen molar-refractivity contribution < 1.29 is 18.1 Å². The largest absolute Gasteiger partial charge is 0.323 e. The van der Waals surface area contributed by atoms with Gasteiger partial charge in [0.15, 0.2) is 0 Å². The number of hydrogen-bond donors (Lipinski definition) is 1. The third kappa shape index (κ3) is 4.69. The lowest BCUT2D eigenvalue weighted by atomic mass is 10.0. The molecule has 0 bridgehead atoms. The number of non-ortho nitro benzene ring substituents is 1. The SMILES string of the molecule is O=C(Nc1cc(Cl)ccc1Cl)C1CCCCN1S(=O)(=O)c1ccc([N+](=O)[O-])cc1. The highest BCUT2D eigenvalue weighted by Crippen LogP contribution is 2.29. The van der Waals surface area contributed by atoms with Crippen LogP contribution < -0.4 is 5.32 Å². The topological polar surface area (TPSA) is 110 Å². The number of piperidine rings is 1. The number of benzene rings is 2. The Labute approximate surface area is 177 Å². The molecule has 0 radical (unpaired) electrons. The molecular formula is C18H17Cl2N3O5S. The van der Waals surface area contributed by atoms with Crippen LogP contribution in [0.25, 0.3) is 0 Å². The van der Waals surface area contributed by atoms with Gasteiger partial charge in [0.1, 0.15) is 6.04 Å². The number of hydrogen-bond acceptors (Lipinski definition) is 5. The number of halogens is 2. The van der Waals surface area contributed by atoms with E-state index in [4.69, 9.17) is 23.2 Å². The maximum atomic E-state index is 13.1. The van der Waals surface area contributed by atoms with Crippen LogP contribution in [0.2, 0.25) is 10.0 Å². The Morgan fingerprint density at radius 1 is 1.14 bits per heavy atom. The molecular weight excluding hydrogens is 441 g/mol. The molecule has 11 heteroatoms. The number of rotatable bonds is 5. The van der Waals surface area contributed by atoms with Crippen LogP contribution >= 0.6 is 23.2 Å². The lowest BCUT2D eigenvalue weighted by molar-refractivity contribution is -0.384. The van der Waals surface area contributed by atoms with E-state index in [1.807, 2.05) is 0 Å². The zero-order chi connectivity index (χ0) is 21.2. The molecule has 0 aromatic heterocycles. The van der Waals surface area contributed by atoms with Crippen LogP contribution in [0.15, 0.2) is 47.4 Å². The molecule has 1 saturated heterocycles. The maximum Gasteiger partial charge on any atom is 0.269 e. The third-order valence-corrected chi connectivity index (χ3v) is 7.08. The van der Waals surface area contributed by atoms with Crippen molar-refractivity contribution in [1.29, 1.82) is 0 Å². The Bertz CT molecular complexity index is 1040. The summed E-state index contributed by atoms with van der Waals surface area (Å²) in [5.74, 6) is -0.514. The van der Waals surface area contributed by atoms with Crippen molar-refractivity contribution in [3.8, 4) is 0 Å². The smallest absolute Gasteiger partial charge is 0.269 e. The predicted octanol–water partition coefficient (Wildman–Crippen LogP) is 4.08. The molecule has 0 spiro atoms. The number of nitrogens with one attached hydrogen (secondary N) is 1. The van der Waals surface area contributed by atoms with E-state index < -0.39 is 26.9 Å². The minimum atomic E-state index is -4.02. The summed E-state index contributed by atoms with van der Waals surface area (Å²) in [5.41, 5.74) is 0.0786. The van der Waals surface area contributed by atoms with E-state index in [0.717, 1.165) is 16.4 Å². The highest BCUT2D eigenvalue weighted by molar-refractivity contribution is 7.89. The zero-order valence-corrected chi connectivity index (χ0v) is 17.4. The van der Waals surface area contributed by atoms with E-state index in [2.05, 4.69) is 5.32 Å². The Hall–Kier alpha value is -2.20. The standard InChI is InChI=1S/C18H17Cl2N3O5S/c19-12-4-9-15(20)16(11-12)21-18(24)17-3-1-2-10-22(17)29(27,28)14-7-5-13(6-8-14)23(25)26/h4-9,11,17H,1-3,10H2,(H,21,24). The number of anilines is 1. The first kappa shape index (κ1) is 21.5. The van der Waals surface area contributed by atoms with Gasteiger partial charge in [0.2, 0.25) is 15.9 Å². The highest BCUT2D eigenvalue weighted by Gasteiger charge is 2.38. The Morgan fingerprint density at radius 3 is 2.48 bits per heavy atom. The molecule has 1 atom stereocenters. The highest BCUT2D eigenvalue weighted by atomic mass is 35.5. The van der Waals surface area contributed by atoms with Crippen molar-refractivity contribution in [1.82, 2.24) is 4.31 Å². The van der Waals surface area contributed by atoms with Gasteiger partial charge in [0.25, 0.3) is 5.69 Å². The zero-order valence-electron chi connectivity index (χ0n) is 15.0. The maximum absolute atomic E-state index is 13.1. The fraction of sp³-hybridized carbons (Fsp3) is 0.278. The summed E-state index contributed by atoms with van der Waals surface area (Å²) < 4.78 is 27.3. The quantitative estimate of drug-likeness (QED) is 0.536. The van der Waals surface area contributed by atoms with Gasteiger partial charge in [-0.15, -0.1) is 0 Å². The first-order chi connectivity index (χ1) is 13.7. The van der Waals surface area contributed by atoms with E-state index >= 15 is 0 Å². The number of carbonyl (C=O) groups excluding carboxylic acids is 1. The Morgan fingerprint density at radius 2 is 1.83 bits per heavy atom. The van der Waals surface area contributed by atoms with Gasteiger partial charge in [0.05, 0.1) is 20.5 Å². The van der Waals surface area contributed by atoms with Gasteiger partial charge in [-0.1, -0.05) is 29.6 Å². The van der Waals surface area contributed by atoms with Gasteiger partial charge >= 0.3 is 0 Å². The lowest BCUT2D eigenvalue weighted by Crippen LogP contribution is -2.49. The second-order valence-corrected chi connectivity index (χ2v) is 9.23.